The topological polar surface area (TPSA) is 35.5 Å². The van der Waals surface area contributed by atoms with Crippen LogP contribution < -0.4 is 14.7 Å². The van der Waals surface area contributed by atoms with Gasteiger partial charge in [0.2, 0.25) is 5.95 Å². The van der Waals surface area contributed by atoms with E-state index >= 15 is 0 Å². The highest BCUT2D eigenvalue weighted by molar-refractivity contribution is 5.50. The molecular formula is C23H25N5. The van der Waals surface area contributed by atoms with E-state index in [0.717, 1.165) is 57.5 Å². The SMILES string of the molecule is c1ccc(N2CCN(c3nccc(N4CCc5ccccc5C4)n3)CC2)cc1. The lowest BCUT2D eigenvalue weighted by molar-refractivity contribution is 0.637. The van der Waals surface area contributed by atoms with Crippen molar-refractivity contribution in [2.24, 2.45) is 0 Å². The van der Waals surface area contributed by atoms with Gasteiger partial charge in [-0.1, -0.05) is 42.5 Å². The number of hydrogen-bond acceptors (Lipinski definition) is 5. The van der Waals surface area contributed by atoms with Gasteiger partial charge in [0.15, 0.2) is 0 Å². The molecule has 1 aromatic heterocycles. The molecule has 0 saturated carbocycles. The molecule has 3 aromatic rings. The average Bonchev–Trinajstić information content (AvgIpc) is 2.79. The van der Waals surface area contributed by atoms with Crippen molar-refractivity contribution in [3.8, 4) is 0 Å². The van der Waals surface area contributed by atoms with Crippen LogP contribution in [0.15, 0.2) is 66.9 Å². The fourth-order valence-corrected chi connectivity index (χ4v) is 4.16. The largest absolute Gasteiger partial charge is 0.368 e. The number of aromatic nitrogens is 2. The van der Waals surface area contributed by atoms with Crippen LogP contribution in [0.25, 0.3) is 0 Å². The Labute approximate surface area is 166 Å². The van der Waals surface area contributed by atoms with Gasteiger partial charge in [-0.2, -0.15) is 4.98 Å². The van der Waals surface area contributed by atoms with Crippen LogP contribution in [0.2, 0.25) is 0 Å². The molecule has 0 spiro atoms. The molecule has 1 saturated heterocycles. The Hall–Kier alpha value is -3.08. The highest BCUT2D eigenvalue weighted by Crippen LogP contribution is 2.24. The van der Waals surface area contributed by atoms with Crippen molar-refractivity contribution in [2.75, 3.05) is 47.4 Å². The van der Waals surface area contributed by atoms with Crippen LogP contribution in [0.4, 0.5) is 17.5 Å². The molecule has 142 valence electrons. The highest BCUT2D eigenvalue weighted by atomic mass is 15.3. The van der Waals surface area contributed by atoms with Crippen LogP contribution >= 0.6 is 0 Å². The van der Waals surface area contributed by atoms with Gasteiger partial charge in [0.05, 0.1) is 0 Å². The summed E-state index contributed by atoms with van der Waals surface area (Å²) in [5.74, 6) is 1.88. The van der Waals surface area contributed by atoms with Crippen molar-refractivity contribution < 1.29 is 0 Å². The molecule has 3 heterocycles. The Morgan fingerprint density at radius 3 is 2.18 bits per heavy atom. The van der Waals surface area contributed by atoms with E-state index in [1.165, 1.54) is 16.8 Å². The molecule has 1 fully saturated rings. The molecule has 2 aliphatic heterocycles. The van der Waals surface area contributed by atoms with E-state index in [1.54, 1.807) is 0 Å². The van der Waals surface area contributed by atoms with Crippen LogP contribution in [0, 0.1) is 0 Å². The fraction of sp³-hybridized carbons (Fsp3) is 0.304. The Bertz CT molecular complexity index is 934. The van der Waals surface area contributed by atoms with Crippen LogP contribution in [-0.2, 0) is 13.0 Å². The first-order valence-corrected chi connectivity index (χ1v) is 10.1. The normalized spacial score (nSPS) is 16.8. The lowest BCUT2D eigenvalue weighted by Crippen LogP contribution is -2.47. The molecular weight excluding hydrogens is 346 g/mol. The van der Waals surface area contributed by atoms with Crippen LogP contribution in [-0.4, -0.2) is 42.7 Å². The molecule has 0 bridgehead atoms. The summed E-state index contributed by atoms with van der Waals surface area (Å²) >= 11 is 0. The molecule has 5 nitrogen and oxygen atoms in total. The number of hydrogen-bond donors (Lipinski definition) is 0. The summed E-state index contributed by atoms with van der Waals surface area (Å²) in [4.78, 5) is 16.6. The van der Waals surface area contributed by atoms with Gasteiger partial charge in [-0.25, -0.2) is 4.98 Å². The van der Waals surface area contributed by atoms with Gasteiger partial charge in [-0.15, -0.1) is 0 Å². The third kappa shape index (κ3) is 3.40. The minimum absolute atomic E-state index is 0.851. The predicted molar refractivity (Wildman–Crippen MR) is 114 cm³/mol. The van der Waals surface area contributed by atoms with E-state index in [2.05, 4.69) is 74.3 Å². The Morgan fingerprint density at radius 2 is 1.36 bits per heavy atom. The van der Waals surface area contributed by atoms with Crippen molar-refractivity contribution in [3.63, 3.8) is 0 Å². The summed E-state index contributed by atoms with van der Waals surface area (Å²) in [6, 6.07) is 21.4. The zero-order valence-corrected chi connectivity index (χ0v) is 16.0. The Morgan fingerprint density at radius 1 is 0.643 bits per heavy atom. The Kier molecular flexibility index (Phi) is 4.57. The lowest BCUT2D eigenvalue weighted by atomic mass is 10.00. The molecule has 0 radical (unpaired) electrons. The summed E-state index contributed by atoms with van der Waals surface area (Å²) in [6.07, 6.45) is 2.98. The van der Waals surface area contributed by atoms with Gasteiger partial charge < -0.3 is 14.7 Å². The molecule has 0 N–H and O–H groups in total. The summed E-state index contributed by atoms with van der Waals surface area (Å²) in [6.45, 7) is 5.81. The predicted octanol–water partition coefficient (Wildman–Crippen LogP) is 3.37. The molecule has 5 heteroatoms. The molecule has 2 aromatic carbocycles. The third-order valence-electron chi connectivity index (χ3n) is 5.77. The average molecular weight is 371 g/mol. The van der Waals surface area contributed by atoms with Gasteiger partial charge >= 0.3 is 0 Å². The van der Waals surface area contributed by atoms with E-state index in [9.17, 15) is 0 Å². The fourth-order valence-electron chi connectivity index (χ4n) is 4.16. The van der Waals surface area contributed by atoms with Crippen molar-refractivity contribution in [1.29, 1.82) is 0 Å². The standard InChI is InChI=1S/C23H25N5/c1-2-8-21(9-3-1)26-14-16-27(17-15-26)23-24-12-10-22(25-23)28-13-11-19-6-4-5-7-20(19)18-28/h1-10,12H,11,13-18H2. The smallest absolute Gasteiger partial charge is 0.227 e. The number of rotatable bonds is 3. The van der Waals surface area contributed by atoms with Crippen molar-refractivity contribution in [1.82, 2.24) is 9.97 Å². The molecule has 0 unspecified atom stereocenters. The van der Waals surface area contributed by atoms with Crippen molar-refractivity contribution >= 4 is 17.5 Å². The van der Waals surface area contributed by atoms with Crippen LogP contribution in [0.1, 0.15) is 11.1 Å². The van der Waals surface area contributed by atoms with Crippen molar-refractivity contribution in [2.45, 2.75) is 13.0 Å². The zero-order chi connectivity index (χ0) is 18.8. The van der Waals surface area contributed by atoms with E-state index in [4.69, 9.17) is 4.98 Å². The van der Waals surface area contributed by atoms with Gasteiger partial charge in [-0.05, 0) is 35.7 Å². The maximum absolute atomic E-state index is 4.91. The lowest BCUT2D eigenvalue weighted by Gasteiger charge is -2.36. The maximum Gasteiger partial charge on any atom is 0.227 e. The summed E-state index contributed by atoms with van der Waals surface area (Å²) in [5, 5.41) is 0. The van der Waals surface area contributed by atoms with Gasteiger partial charge in [0, 0.05) is 51.2 Å². The summed E-state index contributed by atoms with van der Waals surface area (Å²) < 4.78 is 0. The second-order valence-corrected chi connectivity index (χ2v) is 7.46. The molecule has 28 heavy (non-hydrogen) atoms. The van der Waals surface area contributed by atoms with Crippen LogP contribution in [0.3, 0.4) is 0 Å². The number of para-hydroxylation sites is 1. The van der Waals surface area contributed by atoms with E-state index < -0.39 is 0 Å². The van der Waals surface area contributed by atoms with Crippen LogP contribution in [0.5, 0.6) is 0 Å². The molecule has 0 atom stereocenters. The highest BCUT2D eigenvalue weighted by Gasteiger charge is 2.21. The first-order chi connectivity index (χ1) is 13.9. The van der Waals surface area contributed by atoms with Gasteiger partial charge in [0.25, 0.3) is 0 Å². The molecule has 5 rings (SSSR count). The van der Waals surface area contributed by atoms with Gasteiger partial charge in [-0.3, -0.25) is 0 Å². The number of benzene rings is 2. The quantitative estimate of drug-likeness (QED) is 0.705. The molecule has 0 aliphatic carbocycles. The maximum atomic E-state index is 4.91. The third-order valence-corrected chi connectivity index (χ3v) is 5.77. The summed E-state index contributed by atoms with van der Waals surface area (Å²) in [7, 11) is 0. The monoisotopic (exact) mass is 371 g/mol. The minimum atomic E-state index is 0.851. The number of nitrogens with zero attached hydrogens (tertiary/aromatic N) is 5. The first-order valence-electron chi connectivity index (χ1n) is 10.1. The summed E-state index contributed by atoms with van der Waals surface area (Å²) in [5.41, 5.74) is 4.17. The Balaban J connectivity index is 1.28. The van der Waals surface area contributed by atoms with E-state index in [1.807, 2.05) is 12.3 Å². The zero-order valence-electron chi connectivity index (χ0n) is 16.0. The second-order valence-electron chi connectivity index (χ2n) is 7.46. The number of fused-ring (bicyclic) bond motifs is 1. The van der Waals surface area contributed by atoms with E-state index in [0.29, 0.717) is 0 Å². The van der Waals surface area contributed by atoms with Crippen molar-refractivity contribution in [3.05, 3.63) is 78.0 Å². The minimum Gasteiger partial charge on any atom is -0.368 e. The second kappa shape index (κ2) is 7.50. The number of anilines is 3. The molecule has 0 amide bonds. The molecule has 2 aliphatic rings. The van der Waals surface area contributed by atoms with Gasteiger partial charge in [0.1, 0.15) is 5.82 Å². The first kappa shape index (κ1) is 17.0. The van der Waals surface area contributed by atoms with E-state index in [-0.39, 0.29) is 0 Å². The number of piperazine rings is 1.